The molecule has 6 heteroatoms. The van der Waals surface area contributed by atoms with E-state index in [1.54, 1.807) is 22.9 Å². The molecule has 0 unspecified atom stereocenters. The van der Waals surface area contributed by atoms with Crippen LogP contribution >= 0.6 is 23.1 Å². The molecule has 100 valence electrons. The lowest BCUT2D eigenvalue weighted by atomic mass is 10.1. The third kappa shape index (κ3) is 3.08. The fraction of sp³-hybridized carbons (Fsp3) is 0.231. The minimum absolute atomic E-state index is 0.331. The first-order valence-electron chi connectivity index (χ1n) is 5.66. The zero-order chi connectivity index (χ0) is 13.8. The van der Waals surface area contributed by atoms with Gasteiger partial charge in [0.05, 0.1) is 29.0 Å². The number of carboxylic acids is 1. The van der Waals surface area contributed by atoms with Crippen LogP contribution in [-0.4, -0.2) is 22.3 Å². The van der Waals surface area contributed by atoms with Gasteiger partial charge in [0, 0.05) is 9.77 Å². The molecule has 0 aliphatic heterocycles. The molecule has 0 amide bonds. The van der Waals surface area contributed by atoms with Crippen LogP contribution in [-0.2, 0) is 6.54 Å². The minimum atomic E-state index is -0.909. The number of thioether (sulfide) groups is 1. The fourth-order valence-corrected chi connectivity index (χ4v) is 3.07. The monoisotopic (exact) mass is 294 g/mol. The molecule has 0 radical (unpaired) electrons. The summed E-state index contributed by atoms with van der Waals surface area (Å²) in [6, 6.07) is 5.47. The number of benzene rings is 1. The van der Waals surface area contributed by atoms with Crippen LogP contribution in [0.4, 0.5) is 5.69 Å². The van der Waals surface area contributed by atoms with Crippen LogP contribution in [0.25, 0.3) is 0 Å². The van der Waals surface area contributed by atoms with Crippen LogP contribution in [0.15, 0.2) is 28.6 Å². The summed E-state index contributed by atoms with van der Waals surface area (Å²) >= 11 is 3.00. The Morgan fingerprint density at radius 2 is 2.32 bits per heavy atom. The first kappa shape index (κ1) is 13.9. The third-order valence-corrected chi connectivity index (χ3v) is 4.46. The first-order valence-corrected chi connectivity index (χ1v) is 7.77. The lowest BCUT2D eigenvalue weighted by Gasteiger charge is -2.11. The normalized spacial score (nSPS) is 10.4. The van der Waals surface area contributed by atoms with Crippen LogP contribution in [0.2, 0.25) is 0 Å². The maximum absolute atomic E-state index is 11.4. The molecule has 0 saturated carbocycles. The van der Waals surface area contributed by atoms with E-state index < -0.39 is 5.97 Å². The predicted molar refractivity (Wildman–Crippen MR) is 79.4 cm³/mol. The predicted octanol–water partition coefficient (Wildman–Crippen LogP) is 3.48. The Balaban J connectivity index is 2.25. The Morgan fingerprint density at radius 3 is 2.89 bits per heavy atom. The maximum atomic E-state index is 11.4. The number of carbonyl (C=O) groups is 1. The minimum Gasteiger partial charge on any atom is -0.478 e. The van der Waals surface area contributed by atoms with E-state index in [1.165, 1.54) is 11.8 Å². The van der Waals surface area contributed by atoms with Crippen LogP contribution in [0.1, 0.15) is 20.9 Å². The highest BCUT2D eigenvalue weighted by Crippen LogP contribution is 2.28. The number of anilines is 1. The van der Waals surface area contributed by atoms with Gasteiger partial charge in [-0.15, -0.1) is 23.1 Å². The van der Waals surface area contributed by atoms with Gasteiger partial charge in [-0.3, -0.25) is 0 Å². The number of aryl methyl sites for hydroxylation is 1. The average Bonchev–Trinajstić information content (AvgIpc) is 2.81. The molecule has 0 spiro atoms. The molecule has 0 aliphatic rings. The number of carboxylic acid groups (broad SMARTS) is 1. The number of aromatic nitrogens is 1. The van der Waals surface area contributed by atoms with Crippen molar-refractivity contribution in [3.8, 4) is 0 Å². The van der Waals surface area contributed by atoms with Crippen LogP contribution in [0, 0.1) is 6.92 Å². The zero-order valence-electron chi connectivity index (χ0n) is 10.6. The van der Waals surface area contributed by atoms with Crippen LogP contribution < -0.4 is 5.32 Å². The Kier molecular flexibility index (Phi) is 4.44. The second-order valence-electron chi connectivity index (χ2n) is 3.90. The molecule has 0 aliphatic carbocycles. The van der Waals surface area contributed by atoms with Gasteiger partial charge in [0.25, 0.3) is 0 Å². The van der Waals surface area contributed by atoms with Crippen LogP contribution in [0.3, 0.4) is 0 Å². The molecule has 2 N–H and O–H groups in total. The number of nitrogens with one attached hydrogen (secondary N) is 1. The van der Waals surface area contributed by atoms with E-state index in [-0.39, 0.29) is 0 Å². The summed E-state index contributed by atoms with van der Waals surface area (Å²) in [5, 5.41) is 12.5. The van der Waals surface area contributed by atoms with Crippen molar-refractivity contribution in [1.82, 2.24) is 4.98 Å². The van der Waals surface area contributed by atoms with Crippen molar-refractivity contribution < 1.29 is 9.90 Å². The Morgan fingerprint density at radius 1 is 1.53 bits per heavy atom. The van der Waals surface area contributed by atoms with E-state index in [0.717, 1.165) is 15.5 Å². The van der Waals surface area contributed by atoms with Crippen molar-refractivity contribution in [2.75, 3.05) is 11.6 Å². The van der Waals surface area contributed by atoms with Crippen molar-refractivity contribution in [3.05, 3.63) is 39.8 Å². The summed E-state index contributed by atoms with van der Waals surface area (Å²) < 4.78 is 0. The summed E-state index contributed by atoms with van der Waals surface area (Å²) in [7, 11) is 0. The fourth-order valence-electron chi connectivity index (χ4n) is 1.74. The Labute approximate surface area is 119 Å². The van der Waals surface area contributed by atoms with Gasteiger partial charge in [-0.05, 0) is 25.3 Å². The van der Waals surface area contributed by atoms with E-state index >= 15 is 0 Å². The van der Waals surface area contributed by atoms with Gasteiger partial charge in [0.1, 0.15) is 0 Å². The topological polar surface area (TPSA) is 62.2 Å². The van der Waals surface area contributed by atoms with Gasteiger partial charge in [-0.2, -0.15) is 0 Å². The van der Waals surface area contributed by atoms with Gasteiger partial charge in [-0.1, -0.05) is 6.07 Å². The molecular formula is C13H14N2O2S2. The molecule has 2 aromatic rings. The van der Waals surface area contributed by atoms with E-state index in [0.29, 0.717) is 17.8 Å². The summed E-state index contributed by atoms with van der Waals surface area (Å²) in [5.41, 5.74) is 3.75. The van der Waals surface area contributed by atoms with Crippen molar-refractivity contribution >= 4 is 34.8 Å². The van der Waals surface area contributed by atoms with E-state index in [4.69, 9.17) is 0 Å². The molecule has 0 bridgehead atoms. The van der Waals surface area contributed by atoms with Crippen molar-refractivity contribution in [3.63, 3.8) is 0 Å². The van der Waals surface area contributed by atoms with Crippen LogP contribution in [0.5, 0.6) is 0 Å². The maximum Gasteiger partial charge on any atom is 0.338 e. The number of aromatic carboxylic acids is 1. The average molecular weight is 294 g/mol. The highest BCUT2D eigenvalue weighted by Gasteiger charge is 2.15. The first-order chi connectivity index (χ1) is 9.13. The van der Waals surface area contributed by atoms with E-state index in [9.17, 15) is 9.90 Å². The summed E-state index contributed by atoms with van der Waals surface area (Å²) in [6.45, 7) is 2.54. The molecule has 0 fully saturated rings. The number of hydrogen-bond acceptors (Lipinski definition) is 5. The standard InChI is InChI=1S/C13H14N2O2S2/c1-8-11(19-7-15-8)6-14-9-4-3-5-10(18-2)12(9)13(16)17/h3-5,7,14H,6H2,1-2H3,(H,16,17). The van der Waals surface area contributed by atoms with Gasteiger partial charge in [-0.25, -0.2) is 9.78 Å². The largest absolute Gasteiger partial charge is 0.478 e. The smallest absolute Gasteiger partial charge is 0.338 e. The van der Waals surface area contributed by atoms with E-state index in [2.05, 4.69) is 10.3 Å². The second kappa shape index (κ2) is 6.08. The molecule has 1 heterocycles. The number of rotatable bonds is 5. The van der Waals surface area contributed by atoms with Gasteiger partial charge >= 0.3 is 5.97 Å². The zero-order valence-corrected chi connectivity index (χ0v) is 12.3. The van der Waals surface area contributed by atoms with Gasteiger partial charge in [0.2, 0.25) is 0 Å². The summed E-state index contributed by atoms with van der Waals surface area (Å²) in [6.07, 6.45) is 1.87. The number of thiazole rings is 1. The van der Waals surface area contributed by atoms with Crippen molar-refractivity contribution in [2.45, 2.75) is 18.4 Å². The highest BCUT2D eigenvalue weighted by atomic mass is 32.2. The van der Waals surface area contributed by atoms with Crippen molar-refractivity contribution in [2.24, 2.45) is 0 Å². The quantitative estimate of drug-likeness (QED) is 0.827. The SMILES string of the molecule is CSc1cccc(NCc2scnc2C)c1C(=O)O. The molecular weight excluding hydrogens is 280 g/mol. The molecule has 1 aromatic heterocycles. The summed E-state index contributed by atoms with van der Waals surface area (Å²) in [4.78, 5) is 17.4. The van der Waals surface area contributed by atoms with Gasteiger partial charge in [0.15, 0.2) is 0 Å². The lowest BCUT2D eigenvalue weighted by molar-refractivity contribution is 0.0694. The molecule has 1 aromatic carbocycles. The van der Waals surface area contributed by atoms with E-state index in [1.807, 2.05) is 25.3 Å². The lowest BCUT2D eigenvalue weighted by Crippen LogP contribution is -2.07. The molecule has 2 rings (SSSR count). The summed E-state index contributed by atoms with van der Waals surface area (Å²) in [5.74, 6) is -0.909. The molecule has 0 atom stereocenters. The Bertz CT molecular complexity index is 596. The third-order valence-electron chi connectivity index (χ3n) is 2.74. The molecule has 0 saturated heterocycles. The molecule has 19 heavy (non-hydrogen) atoms. The highest BCUT2D eigenvalue weighted by molar-refractivity contribution is 7.98. The van der Waals surface area contributed by atoms with Gasteiger partial charge < -0.3 is 10.4 Å². The number of nitrogens with zero attached hydrogens (tertiary/aromatic N) is 1. The molecule has 4 nitrogen and oxygen atoms in total. The second-order valence-corrected chi connectivity index (χ2v) is 5.69. The van der Waals surface area contributed by atoms with Crippen molar-refractivity contribution in [1.29, 1.82) is 0 Å². The Hall–Kier alpha value is -1.53. The number of hydrogen-bond donors (Lipinski definition) is 2.